The molecule has 152 valence electrons. The normalized spacial score (nSPS) is 11.3. The molecular weight excluding hydrogens is 421 g/mol. The fraction of sp³-hybridized carbons (Fsp3) is 0.250. The van der Waals surface area contributed by atoms with Crippen LogP contribution in [0.3, 0.4) is 0 Å². The van der Waals surface area contributed by atoms with Gasteiger partial charge in [0.1, 0.15) is 11.1 Å². The molecule has 0 bridgehead atoms. The molecule has 0 aliphatic heterocycles. The van der Waals surface area contributed by atoms with E-state index in [1.54, 1.807) is 45.0 Å². The van der Waals surface area contributed by atoms with Gasteiger partial charge in [-0.15, -0.1) is 0 Å². The zero-order chi connectivity index (χ0) is 21.2. The number of hydrogen-bond donors (Lipinski definition) is 0. The number of esters is 1. The lowest BCUT2D eigenvalue weighted by molar-refractivity contribution is -0.0524. The first kappa shape index (κ1) is 21.0. The molecule has 3 aromatic rings. The standard InChI is InChI=1S/C20H17Cl2NO6/c1-20(2,3)29-19(25)27-10-26-18(24)11-4-5-15-16(8-11)28-17(23-15)12-6-13(21)9-14(22)7-12/h4-9H,10H2,1-3H3. The van der Waals surface area contributed by atoms with Gasteiger partial charge in [-0.3, -0.25) is 0 Å². The van der Waals surface area contributed by atoms with E-state index in [-0.39, 0.29) is 5.56 Å². The summed E-state index contributed by atoms with van der Waals surface area (Å²) in [4.78, 5) is 28.0. The fourth-order valence-corrected chi connectivity index (χ4v) is 2.87. The number of halogens is 2. The second-order valence-electron chi connectivity index (χ2n) is 7.02. The first-order chi connectivity index (χ1) is 13.6. The molecule has 2 aromatic carbocycles. The third-order valence-electron chi connectivity index (χ3n) is 3.49. The summed E-state index contributed by atoms with van der Waals surface area (Å²) in [5, 5.41) is 0.896. The van der Waals surface area contributed by atoms with Gasteiger partial charge in [0, 0.05) is 15.6 Å². The predicted molar refractivity (Wildman–Crippen MR) is 107 cm³/mol. The summed E-state index contributed by atoms with van der Waals surface area (Å²) in [6.45, 7) is 4.50. The summed E-state index contributed by atoms with van der Waals surface area (Å²) >= 11 is 12.0. The molecule has 0 fully saturated rings. The van der Waals surface area contributed by atoms with Crippen LogP contribution in [0.2, 0.25) is 10.0 Å². The molecule has 0 amide bonds. The van der Waals surface area contributed by atoms with E-state index < -0.39 is 24.5 Å². The molecule has 0 atom stereocenters. The number of hydrogen-bond acceptors (Lipinski definition) is 7. The summed E-state index contributed by atoms with van der Waals surface area (Å²) in [6, 6.07) is 9.55. The minimum atomic E-state index is -0.930. The molecule has 0 unspecified atom stereocenters. The van der Waals surface area contributed by atoms with Gasteiger partial charge in [-0.05, 0) is 57.2 Å². The number of aromatic nitrogens is 1. The Kier molecular flexibility index (Phi) is 6.00. The van der Waals surface area contributed by atoms with Gasteiger partial charge in [0.15, 0.2) is 5.58 Å². The number of carbonyl (C=O) groups excluding carboxylic acids is 2. The Morgan fingerprint density at radius 1 is 1.03 bits per heavy atom. The van der Waals surface area contributed by atoms with Crippen molar-refractivity contribution in [3.05, 3.63) is 52.0 Å². The second-order valence-corrected chi connectivity index (χ2v) is 7.89. The summed E-state index contributed by atoms with van der Waals surface area (Å²) in [7, 11) is 0. The molecule has 0 saturated heterocycles. The lowest BCUT2D eigenvalue weighted by Crippen LogP contribution is -2.25. The summed E-state index contributed by atoms with van der Waals surface area (Å²) in [5.41, 5.74) is 1.02. The highest BCUT2D eigenvalue weighted by Gasteiger charge is 2.18. The van der Waals surface area contributed by atoms with E-state index in [0.717, 1.165) is 0 Å². The van der Waals surface area contributed by atoms with E-state index >= 15 is 0 Å². The Labute approximate surface area is 176 Å². The summed E-state index contributed by atoms with van der Waals surface area (Å²) in [5.74, 6) is -0.387. The van der Waals surface area contributed by atoms with Crippen LogP contribution in [0, 0.1) is 0 Å². The van der Waals surface area contributed by atoms with E-state index in [2.05, 4.69) is 4.98 Å². The minimum absolute atomic E-state index is 0.206. The van der Waals surface area contributed by atoms with Gasteiger partial charge in [0.05, 0.1) is 5.56 Å². The highest BCUT2D eigenvalue weighted by atomic mass is 35.5. The molecule has 9 heteroatoms. The van der Waals surface area contributed by atoms with Crippen molar-refractivity contribution in [3.8, 4) is 11.5 Å². The quantitative estimate of drug-likeness (QED) is 0.372. The van der Waals surface area contributed by atoms with Crippen LogP contribution in [0.25, 0.3) is 22.6 Å². The van der Waals surface area contributed by atoms with Crippen molar-refractivity contribution in [1.29, 1.82) is 0 Å². The Morgan fingerprint density at radius 2 is 1.72 bits per heavy atom. The van der Waals surface area contributed by atoms with Crippen molar-refractivity contribution in [2.75, 3.05) is 6.79 Å². The van der Waals surface area contributed by atoms with E-state index in [1.165, 1.54) is 12.1 Å². The maximum atomic E-state index is 12.2. The number of benzene rings is 2. The Hall–Kier alpha value is -2.77. The Morgan fingerprint density at radius 3 is 2.38 bits per heavy atom. The van der Waals surface area contributed by atoms with Gasteiger partial charge in [0.2, 0.25) is 12.7 Å². The number of ether oxygens (including phenoxy) is 3. The van der Waals surface area contributed by atoms with Crippen molar-refractivity contribution in [3.63, 3.8) is 0 Å². The average molecular weight is 438 g/mol. The van der Waals surface area contributed by atoms with Crippen LogP contribution in [0.15, 0.2) is 40.8 Å². The molecule has 0 saturated carbocycles. The highest BCUT2D eigenvalue weighted by Crippen LogP contribution is 2.29. The molecule has 0 aliphatic carbocycles. The van der Waals surface area contributed by atoms with Gasteiger partial charge in [-0.1, -0.05) is 23.2 Å². The monoisotopic (exact) mass is 437 g/mol. The third kappa shape index (κ3) is 5.62. The molecule has 29 heavy (non-hydrogen) atoms. The number of carbonyl (C=O) groups is 2. The van der Waals surface area contributed by atoms with E-state index in [0.29, 0.717) is 32.6 Å². The topological polar surface area (TPSA) is 87.9 Å². The van der Waals surface area contributed by atoms with Crippen molar-refractivity contribution in [2.24, 2.45) is 0 Å². The summed E-state index contributed by atoms with van der Waals surface area (Å²) < 4.78 is 20.3. The maximum Gasteiger partial charge on any atom is 0.511 e. The first-order valence-electron chi connectivity index (χ1n) is 8.51. The molecular formula is C20H17Cl2NO6. The molecule has 7 nitrogen and oxygen atoms in total. The summed E-state index contributed by atoms with van der Waals surface area (Å²) in [6.07, 6.45) is -0.930. The highest BCUT2D eigenvalue weighted by molar-refractivity contribution is 6.35. The van der Waals surface area contributed by atoms with Crippen LogP contribution in [0.1, 0.15) is 31.1 Å². The fourth-order valence-electron chi connectivity index (χ4n) is 2.35. The zero-order valence-corrected chi connectivity index (χ0v) is 17.3. The van der Waals surface area contributed by atoms with Crippen LogP contribution in [-0.4, -0.2) is 29.5 Å². The lowest BCUT2D eigenvalue weighted by Gasteiger charge is -2.18. The number of oxazole rings is 1. The Balaban J connectivity index is 1.69. The predicted octanol–water partition coefficient (Wildman–Crippen LogP) is 5.87. The van der Waals surface area contributed by atoms with Gasteiger partial charge < -0.3 is 18.6 Å². The number of fused-ring (bicyclic) bond motifs is 1. The third-order valence-corrected chi connectivity index (χ3v) is 3.93. The van der Waals surface area contributed by atoms with Crippen LogP contribution >= 0.6 is 23.2 Å². The smallest absolute Gasteiger partial charge is 0.436 e. The molecule has 0 radical (unpaired) electrons. The molecule has 1 heterocycles. The number of rotatable bonds is 4. The van der Waals surface area contributed by atoms with Crippen molar-refractivity contribution in [1.82, 2.24) is 4.98 Å². The molecule has 1 aromatic heterocycles. The van der Waals surface area contributed by atoms with Crippen molar-refractivity contribution in [2.45, 2.75) is 26.4 Å². The molecule has 0 N–H and O–H groups in total. The average Bonchev–Trinajstić information content (AvgIpc) is 3.02. The van der Waals surface area contributed by atoms with Crippen LogP contribution in [-0.2, 0) is 14.2 Å². The van der Waals surface area contributed by atoms with E-state index in [4.69, 9.17) is 41.8 Å². The lowest BCUT2D eigenvalue weighted by atomic mass is 10.2. The van der Waals surface area contributed by atoms with Gasteiger partial charge >= 0.3 is 12.1 Å². The first-order valence-corrected chi connectivity index (χ1v) is 9.26. The SMILES string of the molecule is CC(C)(C)OC(=O)OCOC(=O)c1ccc2nc(-c3cc(Cl)cc(Cl)c3)oc2c1. The minimum Gasteiger partial charge on any atom is -0.436 e. The number of nitrogens with zero attached hydrogens (tertiary/aromatic N) is 1. The van der Waals surface area contributed by atoms with Gasteiger partial charge in [0.25, 0.3) is 0 Å². The van der Waals surface area contributed by atoms with E-state index in [1.807, 2.05) is 0 Å². The van der Waals surface area contributed by atoms with Crippen LogP contribution < -0.4 is 0 Å². The largest absolute Gasteiger partial charge is 0.511 e. The zero-order valence-electron chi connectivity index (χ0n) is 15.8. The van der Waals surface area contributed by atoms with Crippen molar-refractivity contribution < 1.29 is 28.2 Å². The molecule has 0 aliphatic rings. The van der Waals surface area contributed by atoms with Gasteiger partial charge in [-0.25, -0.2) is 14.6 Å². The maximum absolute atomic E-state index is 12.2. The molecule has 3 rings (SSSR count). The Bertz CT molecular complexity index is 1050. The molecule has 0 spiro atoms. The van der Waals surface area contributed by atoms with E-state index in [9.17, 15) is 9.59 Å². The van der Waals surface area contributed by atoms with Crippen molar-refractivity contribution >= 4 is 46.4 Å². The second kappa shape index (κ2) is 8.31. The van der Waals surface area contributed by atoms with Crippen LogP contribution in [0.4, 0.5) is 4.79 Å². The van der Waals surface area contributed by atoms with Gasteiger partial charge in [-0.2, -0.15) is 0 Å². The van der Waals surface area contributed by atoms with Crippen LogP contribution in [0.5, 0.6) is 0 Å².